The molecule has 1 saturated heterocycles. The SMILES string of the molecule is CC[C@H]1OC(=O)C[C@@H](O)[C@H](C)[C@@H](O[C@@H]2O[C@H](C)[C@@H](O)[C@H](N(C)C)[C@H]2O)[C@@H](CC=O)C[C@@H](C)C(=O)/C=C/C(C)=C/[C@@H]1COC(=O)Nc1ccc(Cl)cc1. The number of anilines is 1. The van der Waals surface area contributed by atoms with E-state index in [0.29, 0.717) is 29.0 Å². The van der Waals surface area contributed by atoms with E-state index in [1.807, 2.05) is 6.92 Å². The number of hydrogen-bond donors (Lipinski definition) is 4. The minimum absolute atomic E-state index is 0.0320. The topological polar surface area (TPSA) is 181 Å². The van der Waals surface area contributed by atoms with Crippen molar-refractivity contribution >= 4 is 41.4 Å². The Labute approximate surface area is 311 Å². The van der Waals surface area contributed by atoms with E-state index in [1.165, 1.54) is 6.08 Å². The molecule has 0 spiro atoms. The number of nitrogens with one attached hydrogen (secondary N) is 1. The second kappa shape index (κ2) is 20.3. The van der Waals surface area contributed by atoms with Gasteiger partial charge in [0.2, 0.25) is 0 Å². The number of cyclic esters (lactones) is 1. The van der Waals surface area contributed by atoms with Crippen molar-refractivity contribution in [1.29, 1.82) is 0 Å². The van der Waals surface area contributed by atoms with Gasteiger partial charge in [-0.3, -0.25) is 14.9 Å². The number of benzene rings is 1. The fourth-order valence-corrected chi connectivity index (χ4v) is 6.90. The molecule has 14 heteroatoms. The van der Waals surface area contributed by atoms with E-state index in [-0.39, 0.29) is 25.2 Å². The summed E-state index contributed by atoms with van der Waals surface area (Å²) in [5, 5.41) is 36.6. The maximum Gasteiger partial charge on any atom is 0.411 e. The minimum atomic E-state index is -1.33. The number of halogens is 1. The summed E-state index contributed by atoms with van der Waals surface area (Å²) in [5.41, 5.74) is 1.13. The van der Waals surface area contributed by atoms with Crippen molar-refractivity contribution in [2.24, 2.45) is 23.7 Å². The first-order valence-electron chi connectivity index (χ1n) is 17.8. The fourth-order valence-electron chi connectivity index (χ4n) is 6.77. The lowest BCUT2D eigenvalue weighted by Crippen LogP contribution is -2.63. The molecular weight excluding hydrogens is 696 g/mol. The molecule has 12 atom stereocenters. The van der Waals surface area contributed by atoms with Crippen LogP contribution < -0.4 is 5.32 Å². The Morgan fingerprint density at radius 3 is 2.37 bits per heavy atom. The largest absolute Gasteiger partial charge is 0.462 e. The molecule has 2 aliphatic rings. The summed E-state index contributed by atoms with van der Waals surface area (Å²) in [7, 11) is 3.42. The number of allylic oxidation sites excluding steroid dienone is 3. The molecular formula is C38H55ClN2O11. The normalized spacial score (nSPS) is 35.6. The summed E-state index contributed by atoms with van der Waals surface area (Å²) < 4.78 is 23.7. The van der Waals surface area contributed by atoms with Crippen LogP contribution in [0.25, 0.3) is 0 Å². The molecule has 290 valence electrons. The Hall–Kier alpha value is -3.17. The van der Waals surface area contributed by atoms with Crippen molar-refractivity contribution in [3.05, 3.63) is 53.1 Å². The molecule has 0 radical (unpaired) electrons. The number of hydrogen-bond acceptors (Lipinski definition) is 12. The molecule has 0 aliphatic carbocycles. The monoisotopic (exact) mass is 750 g/mol. The zero-order chi connectivity index (χ0) is 38.7. The summed E-state index contributed by atoms with van der Waals surface area (Å²) in [6.07, 6.45) is -2.47. The third-order valence-corrected chi connectivity index (χ3v) is 10.1. The highest BCUT2D eigenvalue weighted by atomic mass is 35.5. The van der Waals surface area contributed by atoms with Crippen LogP contribution in [0.2, 0.25) is 5.02 Å². The molecule has 1 fully saturated rings. The number of likely N-dealkylation sites (N-methyl/N-ethyl adjacent to an activating group) is 1. The number of rotatable bonds is 9. The molecule has 4 N–H and O–H groups in total. The van der Waals surface area contributed by atoms with E-state index in [0.717, 1.165) is 0 Å². The average molecular weight is 751 g/mol. The van der Waals surface area contributed by atoms with Gasteiger partial charge in [-0.05, 0) is 77.0 Å². The lowest BCUT2D eigenvalue weighted by Gasteiger charge is -2.46. The van der Waals surface area contributed by atoms with Crippen LogP contribution in [0.5, 0.6) is 0 Å². The maximum absolute atomic E-state index is 13.4. The molecule has 0 bridgehead atoms. The number of carbonyl (C=O) groups excluding carboxylic acids is 4. The zero-order valence-corrected chi connectivity index (χ0v) is 31.8. The number of aliphatic hydroxyl groups excluding tert-OH is 3. The van der Waals surface area contributed by atoms with E-state index in [1.54, 1.807) is 83.1 Å². The van der Waals surface area contributed by atoms with Gasteiger partial charge in [0.15, 0.2) is 12.1 Å². The number of esters is 1. The molecule has 1 amide bonds. The summed E-state index contributed by atoms with van der Waals surface area (Å²) in [6, 6.07) is 5.75. The first kappa shape index (κ1) is 43.2. The van der Waals surface area contributed by atoms with Gasteiger partial charge in [-0.25, -0.2) is 4.79 Å². The Morgan fingerprint density at radius 1 is 1.08 bits per heavy atom. The Balaban J connectivity index is 1.92. The van der Waals surface area contributed by atoms with Crippen LogP contribution >= 0.6 is 11.6 Å². The molecule has 0 unspecified atom stereocenters. The Morgan fingerprint density at radius 2 is 1.75 bits per heavy atom. The summed E-state index contributed by atoms with van der Waals surface area (Å²) >= 11 is 5.93. The molecule has 52 heavy (non-hydrogen) atoms. The number of aliphatic hydroxyl groups is 3. The Bertz CT molecular complexity index is 1400. The second-order valence-corrected chi connectivity index (χ2v) is 14.6. The van der Waals surface area contributed by atoms with Gasteiger partial charge in [-0.2, -0.15) is 0 Å². The first-order valence-corrected chi connectivity index (χ1v) is 18.2. The molecule has 1 aromatic rings. The van der Waals surface area contributed by atoms with E-state index >= 15 is 0 Å². The van der Waals surface area contributed by atoms with Crippen LogP contribution in [0.1, 0.15) is 60.3 Å². The van der Waals surface area contributed by atoms with Gasteiger partial charge in [-0.1, -0.05) is 50.1 Å². The number of aldehydes is 1. The van der Waals surface area contributed by atoms with Gasteiger partial charge in [0.1, 0.15) is 25.1 Å². The lowest BCUT2D eigenvalue weighted by atomic mass is 9.79. The van der Waals surface area contributed by atoms with Gasteiger partial charge >= 0.3 is 12.1 Å². The predicted molar refractivity (Wildman–Crippen MR) is 194 cm³/mol. The van der Waals surface area contributed by atoms with Crippen molar-refractivity contribution < 1.29 is 53.4 Å². The van der Waals surface area contributed by atoms with Crippen LogP contribution in [0.3, 0.4) is 0 Å². The van der Waals surface area contributed by atoms with Crippen LogP contribution in [0.4, 0.5) is 10.5 Å². The molecule has 2 heterocycles. The lowest BCUT2D eigenvalue weighted by molar-refractivity contribution is -0.304. The van der Waals surface area contributed by atoms with Gasteiger partial charge in [0.05, 0.1) is 36.9 Å². The summed E-state index contributed by atoms with van der Waals surface area (Å²) in [4.78, 5) is 53.1. The van der Waals surface area contributed by atoms with Crippen LogP contribution in [-0.2, 0) is 33.3 Å². The number of ketones is 1. The molecule has 3 rings (SSSR count). The van der Waals surface area contributed by atoms with Crippen LogP contribution in [-0.4, -0.2) is 114 Å². The van der Waals surface area contributed by atoms with Crippen molar-refractivity contribution in [2.75, 3.05) is 26.0 Å². The van der Waals surface area contributed by atoms with Crippen molar-refractivity contribution in [3.8, 4) is 0 Å². The van der Waals surface area contributed by atoms with E-state index in [4.69, 9.17) is 30.5 Å². The van der Waals surface area contributed by atoms with Crippen molar-refractivity contribution in [2.45, 2.75) is 109 Å². The van der Waals surface area contributed by atoms with Gasteiger partial charge < -0.3 is 44.0 Å². The summed E-state index contributed by atoms with van der Waals surface area (Å²) in [5.74, 6) is -3.53. The van der Waals surface area contributed by atoms with Crippen LogP contribution in [0.15, 0.2) is 48.1 Å². The van der Waals surface area contributed by atoms with E-state index in [9.17, 15) is 34.5 Å². The molecule has 13 nitrogen and oxygen atoms in total. The minimum Gasteiger partial charge on any atom is -0.462 e. The zero-order valence-electron chi connectivity index (χ0n) is 31.0. The molecule has 0 saturated carbocycles. The van der Waals surface area contributed by atoms with Crippen molar-refractivity contribution in [1.82, 2.24) is 4.90 Å². The fraction of sp³-hybridized carbons (Fsp3) is 0.632. The highest BCUT2D eigenvalue weighted by Crippen LogP contribution is 2.34. The highest BCUT2D eigenvalue weighted by molar-refractivity contribution is 6.30. The quantitative estimate of drug-likeness (QED) is 0.208. The number of amides is 1. The number of carbonyl (C=O) groups is 4. The van der Waals surface area contributed by atoms with Gasteiger partial charge in [0, 0.05) is 34.9 Å². The standard InChI is InChI=1S/C38H55ClN2O11/c1-8-31-26(20-49-38(48)40-28-12-10-27(39)11-13-28)17-21(2)9-14-29(43)22(3)18-25(15-16-42)36(23(4)30(44)19-32(45)51-31)52-37-35(47)33(41(6)7)34(46)24(5)50-37/h9-14,16-17,22-26,30-31,33-37,44,46-47H,8,15,18-20H2,1-7H3,(H,40,48)/b14-9+,21-17+/t22-,23+,24-,25+,26-,30-,31-,33+,34-,35-,36-,37+/m1/s1. The van der Waals surface area contributed by atoms with E-state index in [2.05, 4.69) is 5.32 Å². The third kappa shape index (κ3) is 12.2. The van der Waals surface area contributed by atoms with Gasteiger partial charge in [-0.15, -0.1) is 0 Å². The average Bonchev–Trinajstić information content (AvgIpc) is 3.09. The van der Waals surface area contributed by atoms with E-state index < -0.39 is 91.1 Å². The number of nitrogens with zero attached hydrogens (tertiary/aromatic N) is 1. The van der Waals surface area contributed by atoms with Gasteiger partial charge in [0.25, 0.3) is 0 Å². The second-order valence-electron chi connectivity index (χ2n) is 14.2. The Kier molecular flexibility index (Phi) is 16.9. The first-order chi connectivity index (χ1) is 24.6. The third-order valence-electron chi connectivity index (χ3n) is 9.85. The molecule has 1 aromatic carbocycles. The maximum atomic E-state index is 13.4. The smallest absolute Gasteiger partial charge is 0.411 e. The summed E-state index contributed by atoms with van der Waals surface area (Å²) in [6.45, 7) is 8.46. The van der Waals surface area contributed by atoms with Crippen molar-refractivity contribution in [3.63, 3.8) is 0 Å². The van der Waals surface area contributed by atoms with Crippen LogP contribution in [0, 0.1) is 23.7 Å². The molecule has 0 aromatic heterocycles. The molecule has 2 aliphatic heterocycles. The predicted octanol–water partition coefficient (Wildman–Crippen LogP) is 4.31. The number of ether oxygens (including phenoxy) is 4. The highest BCUT2D eigenvalue weighted by Gasteiger charge is 2.47.